The number of nitrogens with one attached hydrogen (secondary N) is 1. The first-order valence-corrected chi connectivity index (χ1v) is 9.63. The maximum atomic E-state index is 12.7. The SMILES string of the molecule is CCCOC(C)(CC)C(=O)Nc1cc(C)c(OCc2ccccc2)c(C)c1. The van der Waals surface area contributed by atoms with E-state index < -0.39 is 5.60 Å². The van der Waals surface area contributed by atoms with Crippen LogP contribution in [0.3, 0.4) is 0 Å². The molecule has 0 saturated carbocycles. The first-order chi connectivity index (χ1) is 12.9. The van der Waals surface area contributed by atoms with Crippen LogP contribution in [0.25, 0.3) is 0 Å². The Balaban J connectivity index is 2.10. The molecule has 2 rings (SSSR count). The summed E-state index contributed by atoms with van der Waals surface area (Å²) in [6.45, 7) is 10.9. The van der Waals surface area contributed by atoms with E-state index >= 15 is 0 Å². The van der Waals surface area contributed by atoms with E-state index in [-0.39, 0.29) is 5.91 Å². The van der Waals surface area contributed by atoms with Crippen molar-refractivity contribution in [1.82, 2.24) is 0 Å². The summed E-state index contributed by atoms with van der Waals surface area (Å²) in [5.74, 6) is 0.743. The molecule has 2 aromatic carbocycles. The fraction of sp³-hybridized carbons (Fsp3) is 0.435. The minimum atomic E-state index is -0.819. The van der Waals surface area contributed by atoms with Crippen LogP contribution in [0.15, 0.2) is 42.5 Å². The van der Waals surface area contributed by atoms with E-state index in [1.54, 1.807) is 0 Å². The predicted octanol–water partition coefficient (Wildman–Crippen LogP) is 5.42. The van der Waals surface area contributed by atoms with E-state index in [9.17, 15) is 4.79 Å². The van der Waals surface area contributed by atoms with Gasteiger partial charge in [-0.3, -0.25) is 4.79 Å². The number of rotatable bonds is 9. The Hall–Kier alpha value is -2.33. The van der Waals surface area contributed by atoms with Crippen molar-refractivity contribution < 1.29 is 14.3 Å². The highest BCUT2D eigenvalue weighted by atomic mass is 16.5. The summed E-state index contributed by atoms with van der Waals surface area (Å²) >= 11 is 0. The fourth-order valence-electron chi connectivity index (χ4n) is 2.90. The lowest BCUT2D eigenvalue weighted by molar-refractivity contribution is -0.139. The molecule has 1 unspecified atom stereocenters. The number of aryl methyl sites for hydroxylation is 2. The Bertz CT molecular complexity index is 734. The number of carbonyl (C=O) groups excluding carboxylic acids is 1. The van der Waals surface area contributed by atoms with E-state index in [1.165, 1.54) is 0 Å². The van der Waals surface area contributed by atoms with Gasteiger partial charge in [0.2, 0.25) is 0 Å². The molecule has 0 spiro atoms. The monoisotopic (exact) mass is 369 g/mol. The molecule has 0 bridgehead atoms. The Morgan fingerprint density at radius 1 is 1.07 bits per heavy atom. The zero-order valence-corrected chi connectivity index (χ0v) is 17.1. The van der Waals surface area contributed by atoms with E-state index in [0.717, 1.165) is 34.5 Å². The highest BCUT2D eigenvalue weighted by Gasteiger charge is 2.32. The van der Waals surface area contributed by atoms with Gasteiger partial charge in [0, 0.05) is 12.3 Å². The number of carbonyl (C=O) groups is 1. The van der Waals surface area contributed by atoms with E-state index in [2.05, 4.69) is 5.32 Å². The molecule has 1 N–H and O–H groups in total. The van der Waals surface area contributed by atoms with Crippen LogP contribution in [0.1, 0.15) is 50.3 Å². The number of ether oxygens (including phenoxy) is 2. The van der Waals surface area contributed by atoms with E-state index in [0.29, 0.717) is 19.6 Å². The molecule has 27 heavy (non-hydrogen) atoms. The average molecular weight is 370 g/mol. The fourth-order valence-corrected chi connectivity index (χ4v) is 2.90. The first-order valence-electron chi connectivity index (χ1n) is 9.63. The van der Waals surface area contributed by atoms with Crippen molar-refractivity contribution in [3.63, 3.8) is 0 Å². The molecule has 4 heteroatoms. The van der Waals surface area contributed by atoms with Crippen LogP contribution in [-0.4, -0.2) is 18.1 Å². The Kier molecular flexibility index (Phi) is 7.43. The maximum absolute atomic E-state index is 12.7. The Morgan fingerprint density at radius 2 is 1.70 bits per heavy atom. The summed E-state index contributed by atoms with van der Waals surface area (Å²) in [7, 11) is 0. The number of hydrogen-bond acceptors (Lipinski definition) is 3. The zero-order chi connectivity index (χ0) is 19.9. The van der Waals surface area contributed by atoms with Crippen molar-refractivity contribution in [2.24, 2.45) is 0 Å². The smallest absolute Gasteiger partial charge is 0.256 e. The average Bonchev–Trinajstić information content (AvgIpc) is 2.66. The number of benzene rings is 2. The first kappa shape index (κ1) is 21.0. The van der Waals surface area contributed by atoms with Crippen LogP contribution >= 0.6 is 0 Å². The van der Waals surface area contributed by atoms with Gasteiger partial charge in [-0.2, -0.15) is 0 Å². The largest absolute Gasteiger partial charge is 0.488 e. The van der Waals surface area contributed by atoms with Crippen molar-refractivity contribution in [3.8, 4) is 5.75 Å². The summed E-state index contributed by atoms with van der Waals surface area (Å²) < 4.78 is 11.8. The highest BCUT2D eigenvalue weighted by Crippen LogP contribution is 2.29. The molecule has 0 fully saturated rings. The van der Waals surface area contributed by atoms with Crippen LogP contribution in [0.5, 0.6) is 5.75 Å². The third-order valence-electron chi connectivity index (χ3n) is 4.72. The second kappa shape index (κ2) is 9.56. The summed E-state index contributed by atoms with van der Waals surface area (Å²) in [6, 6.07) is 14.0. The second-order valence-corrected chi connectivity index (χ2v) is 7.10. The van der Waals surface area contributed by atoms with Crippen molar-refractivity contribution >= 4 is 11.6 Å². The normalized spacial score (nSPS) is 13.1. The summed E-state index contributed by atoms with van der Waals surface area (Å²) in [5, 5.41) is 3.01. The molecule has 1 atom stereocenters. The van der Waals surface area contributed by atoms with E-state index in [4.69, 9.17) is 9.47 Å². The highest BCUT2D eigenvalue weighted by molar-refractivity contribution is 5.97. The maximum Gasteiger partial charge on any atom is 0.256 e. The summed E-state index contributed by atoms with van der Waals surface area (Å²) in [4.78, 5) is 12.7. The number of hydrogen-bond donors (Lipinski definition) is 1. The third-order valence-corrected chi connectivity index (χ3v) is 4.72. The van der Waals surface area contributed by atoms with Crippen LogP contribution in [0.4, 0.5) is 5.69 Å². The molecule has 2 aromatic rings. The van der Waals surface area contributed by atoms with Gasteiger partial charge in [0.25, 0.3) is 5.91 Å². The predicted molar refractivity (Wildman–Crippen MR) is 110 cm³/mol. The van der Waals surface area contributed by atoms with Gasteiger partial charge < -0.3 is 14.8 Å². The quantitative estimate of drug-likeness (QED) is 0.642. The van der Waals surface area contributed by atoms with Gasteiger partial charge in [-0.05, 0) is 62.4 Å². The molecular formula is C23H31NO3. The van der Waals surface area contributed by atoms with Crippen molar-refractivity contribution in [1.29, 1.82) is 0 Å². The van der Waals surface area contributed by atoms with Gasteiger partial charge in [0.05, 0.1) is 0 Å². The Morgan fingerprint density at radius 3 is 2.26 bits per heavy atom. The standard InChI is InChI=1S/C23H31NO3/c1-6-13-27-23(5,7-2)22(25)24-20-14-17(3)21(18(4)15-20)26-16-19-11-9-8-10-12-19/h8-12,14-15H,6-7,13,16H2,1-5H3,(H,24,25). The van der Waals surface area contributed by atoms with Gasteiger partial charge in [-0.25, -0.2) is 0 Å². The third kappa shape index (κ3) is 5.57. The molecule has 0 radical (unpaired) electrons. The lowest BCUT2D eigenvalue weighted by Crippen LogP contribution is -2.42. The molecule has 146 valence electrons. The van der Waals surface area contributed by atoms with Gasteiger partial charge in [0.1, 0.15) is 18.0 Å². The van der Waals surface area contributed by atoms with Crippen LogP contribution in [-0.2, 0) is 16.1 Å². The molecular weight excluding hydrogens is 338 g/mol. The molecule has 0 heterocycles. The van der Waals surface area contributed by atoms with Crippen molar-refractivity contribution in [2.75, 3.05) is 11.9 Å². The van der Waals surface area contributed by atoms with Crippen LogP contribution < -0.4 is 10.1 Å². The van der Waals surface area contributed by atoms with Gasteiger partial charge in [-0.15, -0.1) is 0 Å². The van der Waals surface area contributed by atoms with Crippen molar-refractivity contribution in [3.05, 3.63) is 59.2 Å². The molecule has 0 aromatic heterocycles. The number of amides is 1. The number of anilines is 1. The lowest BCUT2D eigenvalue weighted by Gasteiger charge is -2.27. The van der Waals surface area contributed by atoms with Crippen molar-refractivity contribution in [2.45, 2.75) is 59.7 Å². The minimum absolute atomic E-state index is 0.116. The van der Waals surface area contributed by atoms with E-state index in [1.807, 2.05) is 77.1 Å². The Labute approximate surface area is 162 Å². The topological polar surface area (TPSA) is 47.6 Å². The molecule has 4 nitrogen and oxygen atoms in total. The lowest BCUT2D eigenvalue weighted by atomic mass is 10.0. The van der Waals surface area contributed by atoms with Gasteiger partial charge in [-0.1, -0.05) is 44.2 Å². The molecule has 0 aliphatic carbocycles. The van der Waals surface area contributed by atoms with Crippen LogP contribution in [0, 0.1) is 13.8 Å². The minimum Gasteiger partial charge on any atom is -0.488 e. The molecule has 0 aliphatic heterocycles. The molecule has 0 saturated heterocycles. The van der Waals surface area contributed by atoms with Crippen LogP contribution in [0.2, 0.25) is 0 Å². The van der Waals surface area contributed by atoms with Gasteiger partial charge in [0.15, 0.2) is 0 Å². The summed E-state index contributed by atoms with van der Waals surface area (Å²) in [6.07, 6.45) is 1.50. The van der Waals surface area contributed by atoms with Gasteiger partial charge >= 0.3 is 0 Å². The zero-order valence-electron chi connectivity index (χ0n) is 17.1. The molecule has 1 amide bonds. The summed E-state index contributed by atoms with van der Waals surface area (Å²) in [5.41, 5.74) is 3.06. The second-order valence-electron chi connectivity index (χ2n) is 7.10. The molecule has 0 aliphatic rings.